The van der Waals surface area contributed by atoms with Crippen LogP contribution < -0.4 is 16.0 Å². The molecular formula is C20H36N4O3S. The number of aliphatic hydroxyl groups excluding tert-OH is 1. The molecule has 2 atom stereocenters. The van der Waals surface area contributed by atoms with Crippen molar-refractivity contribution in [2.45, 2.75) is 79.5 Å². The van der Waals surface area contributed by atoms with Gasteiger partial charge in [-0.25, -0.2) is 4.98 Å². The summed E-state index contributed by atoms with van der Waals surface area (Å²) in [6.07, 6.45) is 2.90. The number of rotatable bonds is 11. The van der Waals surface area contributed by atoms with E-state index < -0.39 is 23.5 Å². The van der Waals surface area contributed by atoms with E-state index in [0.717, 1.165) is 24.3 Å². The summed E-state index contributed by atoms with van der Waals surface area (Å²) in [6, 6.07) is -0.703. The first-order valence-corrected chi connectivity index (χ1v) is 10.8. The fourth-order valence-corrected chi connectivity index (χ4v) is 3.23. The number of nitrogens with one attached hydrogen (secondary N) is 3. The molecule has 0 aliphatic heterocycles. The maximum absolute atomic E-state index is 12.6. The summed E-state index contributed by atoms with van der Waals surface area (Å²) in [5.41, 5.74) is -0.593. The second-order valence-corrected chi connectivity index (χ2v) is 9.71. The molecule has 2 amide bonds. The van der Waals surface area contributed by atoms with E-state index >= 15 is 0 Å². The van der Waals surface area contributed by atoms with Gasteiger partial charge in [-0.2, -0.15) is 0 Å². The molecule has 0 fully saturated rings. The van der Waals surface area contributed by atoms with Gasteiger partial charge in [-0.1, -0.05) is 48.0 Å². The molecule has 0 aliphatic carbocycles. The number of carbonyl (C=O) groups is 2. The van der Waals surface area contributed by atoms with Crippen LogP contribution in [-0.4, -0.2) is 40.6 Å². The molecule has 1 heterocycles. The summed E-state index contributed by atoms with van der Waals surface area (Å²) in [5, 5.41) is 19.5. The summed E-state index contributed by atoms with van der Waals surface area (Å²) in [4.78, 5) is 30.2. The molecule has 4 N–H and O–H groups in total. The van der Waals surface area contributed by atoms with Crippen LogP contribution in [0.25, 0.3) is 0 Å². The highest BCUT2D eigenvalue weighted by molar-refractivity contribution is 7.15. The number of hydrogen-bond acceptors (Lipinski definition) is 6. The zero-order valence-electron chi connectivity index (χ0n) is 18.0. The normalized spacial score (nSPS) is 14.0. The molecule has 0 aliphatic rings. The van der Waals surface area contributed by atoms with E-state index in [1.807, 2.05) is 6.92 Å². The second kappa shape index (κ2) is 11.5. The van der Waals surface area contributed by atoms with Crippen molar-refractivity contribution < 1.29 is 14.7 Å². The predicted octanol–water partition coefficient (Wildman–Crippen LogP) is 2.91. The minimum Gasteiger partial charge on any atom is -0.383 e. The molecule has 28 heavy (non-hydrogen) atoms. The molecule has 0 radical (unpaired) electrons. The number of hydrogen-bond donors (Lipinski definition) is 4. The van der Waals surface area contributed by atoms with Crippen LogP contribution in [0, 0.1) is 11.3 Å². The van der Waals surface area contributed by atoms with Crippen molar-refractivity contribution >= 4 is 28.3 Å². The van der Waals surface area contributed by atoms with E-state index in [1.165, 1.54) is 11.3 Å². The van der Waals surface area contributed by atoms with E-state index in [0.29, 0.717) is 24.0 Å². The molecular weight excluding hydrogens is 376 g/mol. The van der Waals surface area contributed by atoms with Crippen LogP contribution in [0.1, 0.15) is 65.7 Å². The fraction of sp³-hybridized carbons (Fsp3) is 0.750. The van der Waals surface area contributed by atoms with E-state index in [4.69, 9.17) is 0 Å². The summed E-state index contributed by atoms with van der Waals surface area (Å²) < 4.78 is 0. The molecule has 7 nitrogen and oxygen atoms in total. The third-order valence-electron chi connectivity index (χ3n) is 4.26. The zero-order valence-corrected chi connectivity index (χ0v) is 18.8. The predicted molar refractivity (Wildman–Crippen MR) is 114 cm³/mol. The molecule has 0 aromatic carbocycles. The average Bonchev–Trinajstić information content (AvgIpc) is 3.03. The van der Waals surface area contributed by atoms with Gasteiger partial charge in [-0.3, -0.25) is 9.59 Å². The smallest absolute Gasteiger partial charge is 0.250 e. The molecule has 8 heteroatoms. The summed E-state index contributed by atoms with van der Waals surface area (Å²) in [6.45, 7) is 13.3. The first-order chi connectivity index (χ1) is 13.0. The standard InChI is InChI=1S/C20H36N4O3S/c1-7-8-15(23-18(27)16(25)20(4,5)6)17(26)24-19-22-12-14(28-19)11-21-10-9-13(2)3/h12-13,15-16,21,25H,7-11H2,1-6H3,(H,23,27)(H,22,24,26). The lowest BCUT2D eigenvalue weighted by Crippen LogP contribution is -2.50. The minimum atomic E-state index is -1.18. The highest BCUT2D eigenvalue weighted by Crippen LogP contribution is 2.20. The Bertz CT molecular complexity index is 625. The molecule has 1 aromatic rings. The first-order valence-electron chi connectivity index (χ1n) is 9.99. The summed E-state index contributed by atoms with van der Waals surface area (Å²) in [5.74, 6) is -0.188. The third kappa shape index (κ3) is 8.67. The lowest BCUT2D eigenvalue weighted by Gasteiger charge is -2.26. The SMILES string of the molecule is CCCC(NC(=O)C(O)C(C)(C)C)C(=O)Nc1ncc(CNCCC(C)C)s1. The highest BCUT2D eigenvalue weighted by Gasteiger charge is 2.31. The molecule has 0 bridgehead atoms. The number of aliphatic hydroxyl groups is 1. The van der Waals surface area contributed by atoms with Crippen LogP contribution in [0.4, 0.5) is 5.13 Å². The highest BCUT2D eigenvalue weighted by atomic mass is 32.1. The molecule has 1 aromatic heterocycles. The van der Waals surface area contributed by atoms with Crippen molar-refractivity contribution in [3.8, 4) is 0 Å². The fourth-order valence-electron chi connectivity index (χ4n) is 2.44. The largest absolute Gasteiger partial charge is 0.383 e. The molecule has 2 unspecified atom stereocenters. The van der Waals surface area contributed by atoms with Gasteiger partial charge in [0.1, 0.15) is 12.1 Å². The zero-order chi connectivity index (χ0) is 21.3. The van der Waals surface area contributed by atoms with Gasteiger partial charge in [0.2, 0.25) is 11.8 Å². The summed E-state index contributed by atoms with van der Waals surface area (Å²) in [7, 11) is 0. The second-order valence-electron chi connectivity index (χ2n) is 8.60. The number of aromatic nitrogens is 1. The van der Waals surface area contributed by atoms with Gasteiger partial charge in [-0.15, -0.1) is 11.3 Å². The van der Waals surface area contributed by atoms with Gasteiger partial charge >= 0.3 is 0 Å². The molecule has 160 valence electrons. The third-order valence-corrected chi connectivity index (χ3v) is 5.17. The topological polar surface area (TPSA) is 103 Å². The number of carbonyl (C=O) groups excluding carboxylic acids is 2. The number of amides is 2. The molecule has 0 saturated carbocycles. The van der Waals surface area contributed by atoms with Gasteiger partial charge in [0.25, 0.3) is 0 Å². The lowest BCUT2D eigenvalue weighted by molar-refractivity contribution is -0.137. The van der Waals surface area contributed by atoms with Crippen LogP contribution in [-0.2, 0) is 16.1 Å². The molecule has 0 saturated heterocycles. The van der Waals surface area contributed by atoms with Gasteiger partial charge in [0.05, 0.1) is 0 Å². The Kier molecular flexibility index (Phi) is 10.1. The first kappa shape index (κ1) is 24.5. The number of nitrogens with zero attached hydrogens (tertiary/aromatic N) is 1. The Morgan fingerprint density at radius 1 is 1.21 bits per heavy atom. The van der Waals surface area contributed by atoms with E-state index in [1.54, 1.807) is 27.0 Å². The molecule has 1 rings (SSSR count). The Hall–Kier alpha value is -1.51. The van der Waals surface area contributed by atoms with Gasteiger partial charge in [0.15, 0.2) is 5.13 Å². The van der Waals surface area contributed by atoms with E-state index in [-0.39, 0.29) is 5.91 Å². The van der Waals surface area contributed by atoms with Gasteiger partial charge < -0.3 is 21.1 Å². The van der Waals surface area contributed by atoms with Crippen molar-refractivity contribution in [3.63, 3.8) is 0 Å². The van der Waals surface area contributed by atoms with Crippen LogP contribution in [0.5, 0.6) is 0 Å². The van der Waals surface area contributed by atoms with Gasteiger partial charge in [0, 0.05) is 17.6 Å². The quantitative estimate of drug-likeness (QED) is 0.419. The van der Waals surface area contributed by atoms with E-state index in [2.05, 4.69) is 34.8 Å². The molecule has 0 spiro atoms. The van der Waals surface area contributed by atoms with E-state index in [9.17, 15) is 14.7 Å². The van der Waals surface area contributed by atoms with Crippen LogP contribution in [0.15, 0.2) is 6.20 Å². The number of thiazole rings is 1. The van der Waals surface area contributed by atoms with Crippen LogP contribution in [0.3, 0.4) is 0 Å². The average molecular weight is 413 g/mol. The van der Waals surface area contributed by atoms with Crippen molar-refractivity contribution in [2.75, 3.05) is 11.9 Å². The Morgan fingerprint density at radius 2 is 1.89 bits per heavy atom. The van der Waals surface area contributed by atoms with Crippen LogP contribution >= 0.6 is 11.3 Å². The van der Waals surface area contributed by atoms with Gasteiger partial charge in [-0.05, 0) is 30.7 Å². The Balaban J connectivity index is 2.61. The van der Waals surface area contributed by atoms with Crippen molar-refractivity contribution in [3.05, 3.63) is 11.1 Å². The number of anilines is 1. The maximum atomic E-state index is 12.6. The lowest BCUT2D eigenvalue weighted by atomic mass is 9.88. The van der Waals surface area contributed by atoms with Crippen LogP contribution in [0.2, 0.25) is 0 Å². The Labute approximate surface area is 172 Å². The van der Waals surface area contributed by atoms with Crippen molar-refractivity contribution in [1.82, 2.24) is 15.6 Å². The van der Waals surface area contributed by atoms with Crippen molar-refractivity contribution in [2.24, 2.45) is 11.3 Å². The minimum absolute atomic E-state index is 0.315. The maximum Gasteiger partial charge on any atom is 0.250 e. The van der Waals surface area contributed by atoms with Crippen molar-refractivity contribution in [1.29, 1.82) is 0 Å². The Morgan fingerprint density at radius 3 is 2.46 bits per heavy atom. The summed E-state index contributed by atoms with van der Waals surface area (Å²) >= 11 is 1.42. The monoisotopic (exact) mass is 412 g/mol.